The van der Waals surface area contributed by atoms with Gasteiger partial charge in [-0.1, -0.05) is 12.8 Å². The van der Waals surface area contributed by atoms with Crippen molar-refractivity contribution in [3.05, 3.63) is 27.7 Å². The maximum atomic E-state index is 11.2. The molecule has 4 nitrogen and oxygen atoms in total. The van der Waals surface area contributed by atoms with Crippen molar-refractivity contribution in [1.29, 1.82) is 0 Å². The molecule has 1 aromatic carbocycles. The minimum absolute atomic E-state index is 0.0469. The summed E-state index contributed by atoms with van der Waals surface area (Å²) in [6.07, 6.45) is 4.23. The zero-order valence-corrected chi connectivity index (χ0v) is 11.5. The summed E-state index contributed by atoms with van der Waals surface area (Å²) in [5.74, 6) is -0.848. The van der Waals surface area contributed by atoms with Crippen molar-refractivity contribution in [2.75, 3.05) is 0 Å². The first-order chi connectivity index (χ1) is 8.52. The summed E-state index contributed by atoms with van der Waals surface area (Å²) in [5, 5.41) is 19.3. The van der Waals surface area contributed by atoms with Gasteiger partial charge in [-0.05, 0) is 46.8 Å². The highest BCUT2D eigenvalue weighted by Gasteiger charge is 2.29. The lowest BCUT2D eigenvalue weighted by molar-refractivity contribution is 0.0694. The highest BCUT2D eigenvalue weighted by molar-refractivity contribution is 9.10. The molecule has 1 saturated carbocycles. The number of nitrogens with two attached hydrogens (primary N) is 1. The molecule has 0 heterocycles. The Morgan fingerprint density at radius 2 is 2.00 bits per heavy atom. The van der Waals surface area contributed by atoms with Gasteiger partial charge in [0.25, 0.3) is 0 Å². The lowest BCUT2D eigenvalue weighted by Gasteiger charge is -2.22. The Morgan fingerprint density at radius 1 is 1.39 bits per heavy atom. The first kappa shape index (κ1) is 13.4. The van der Waals surface area contributed by atoms with Crippen LogP contribution >= 0.6 is 15.9 Å². The Kier molecular flexibility index (Phi) is 3.92. The summed E-state index contributed by atoms with van der Waals surface area (Å²) in [6.45, 7) is 0. The van der Waals surface area contributed by atoms with Crippen LogP contribution in [-0.2, 0) is 0 Å². The number of phenolic OH excluding ortho intramolecular Hbond substituents is 1. The van der Waals surface area contributed by atoms with E-state index < -0.39 is 12.0 Å². The van der Waals surface area contributed by atoms with Crippen LogP contribution < -0.4 is 5.73 Å². The molecule has 0 spiro atoms. The van der Waals surface area contributed by atoms with E-state index in [1.165, 1.54) is 12.1 Å². The van der Waals surface area contributed by atoms with Gasteiger partial charge in [0.2, 0.25) is 0 Å². The molecule has 0 aromatic heterocycles. The van der Waals surface area contributed by atoms with E-state index in [0.717, 1.165) is 25.7 Å². The van der Waals surface area contributed by atoms with Crippen molar-refractivity contribution in [2.24, 2.45) is 11.7 Å². The molecule has 0 unspecified atom stereocenters. The second-order valence-electron chi connectivity index (χ2n) is 4.73. The van der Waals surface area contributed by atoms with Crippen LogP contribution in [0.5, 0.6) is 5.75 Å². The highest BCUT2D eigenvalue weighted by Crippen LogP contribution is 2.41. The van der Waals surface area contributed by atoms with E-state index in [4.69, 9.17) is 5.73 Å². The quantitative estimate of drug-likeness (QED) is 0.801. The average Bonchev–Trinajstić information content (AvgIpc) is 2.84. The van der Waals surface area contributed by atoms with Crippen LogP contribution in [0.4, 0.5) is 0 Å². The molecule has 0 bridgehead atoms. The van der Waals surface area contributed by atoms with E-state index >= 15 is 0 Å². The molecule has 98 valence electrons. The summed E-state index contributed by atoms with van der Waals surface area (Å²) in [5.41, 5.74) is 6.61. The second-order valence-corrected chi connectivity index (χ2v) is 5.59. The molecular formula is C13H16BrNO3. The number of carboxylic acids is 1. The summed E-state index contributed by atoms with van der Waals surface area (Å²) in [4.78, 5) is 11.2. The maximum absolute atomic E-state index is 11.2. The van der Waals surface area contributed by atoms with Crippen LogP contribution in [0.25, 0.3) is 0 Å². The number of aromatic carboxylic acids is 1. The number of rotatable bonds is 3. The summed E-state index contributed by atoms with van der Waals surface area (Å²) in [6, 6.07) is 2.59. The van der Waals surface area contributed by atoms with Crippen LogP contribution in [0.15, 0.2) is 16.6 Å². The number of hydrogen-bond acceptors (Lipinski definition) is 3. The van der Waals surface area contributed by atoms with Gasteiger partial charge in [-0.2, -0.15) is 0 Å². The number of halogens is 1. The normalized spacial score (nSPS) is 17.9. The van der Waals surface area contributed by atoms with Gasteiger partial charge in [0, 0.05) is 11.6 Å². The zero-order chi connectivity index (χ0) is 13.3. The van der Waals surface area contributed by atoms with Gasteiger partial charge in [0.1, 0.15) is 5.75 Å². The molecule has 0 aliphatic heterocycles. The monoisotopic (exact) mass is 313 g/mol. The minimum Gasteiger partial charge on any atom is -0.506 e. The van der Waals surface area contributed by atoms with Crippen molar-refractivity contribution in [1.82, 2.24) is 0 Å². The molecule has 18 heavy (non-hydrogen) atoms. The van der Waals surface area contributed by atoms with Gasteiger partial charge in [0.15, 0.2) is 0 Å². The van der Waals surface area contributed by atoms with Gasteiger partial charge in [-0.15, -0.1) is 0 Å². The molecular weight excluding hydrogens is 298 g/mol. The lowest BCUT2D eigenvalue weighted by atomic mass is 9.89. The van der Waals surface area contributed by atoms with Crippen molar-refractivity contribution in [3.8, 4) is 5.75 Å². The van der Waals surface area contributed by atoms with Gasteiger partial charge >= 0.3 is 5.97 Å². The number of hydrogen-bond donors (Lipinski definition) is 3. The fourth-order valence-electron chi connectivity index (χ4n) is 2.66. The predicted octanol–water partition coefficient (Wildman–Crippen LogP) is 3.04. The Labute approximate surface area is 114 Å². The van der Waals surface area contributed by atoms with Crippen molar-refractivity contribution in [2.45, 2.75) is 31.7 Å². The molecule has 5 heteroatoms. The molecule has 1 aliphatic carbocycles. The second kappa shape index (κ2) is 5.28. The number of carbonyl (C=O) groups is 1. The third-order valence-corrected chi connectivity index (χ3v) is 4.28. The van der Waals surface area contributed by atoms with E-state index in [0.29, 0.717) is 10.0 Å². The first-order valence-electron chi connectivity index (χ1n) is 6.02. The standard InChI is InChI=1S/C13H16BrNO3/c14-9-6-5-8(13(17)18)10(12(9)16)11(15)7-3-1-2-4-7/h5-7,11,16H,1-4,15H2,(H,17,18)/t11-/m1/s1. The Bertz CT molecular complexity index is 470. The third-order valence-electron chi connectivity index (χ3n) is 3.64. The van der Waals surface area contributed by atoms with Crippen LogP contribution in [-0.4, -0.2) is 16.2 Å². The molecule has 2 rings (SSSR count). The van der Waals surface area contributed by atoms with E-state index in [9.17, 15) is 15.0 Å². The fourth-order valence-corrected chi connectivity index (χ4v) is 3.00. The zero-order valence-electron chi connectivity index (χ0n) is 9.90. The Hall–Kier alpha value is -1.07. The first-order valence-corrected chi connectivity index (χ1v) is 6.82. The molecule has 1 atom stereocenters. The van der Waals surface area contributed by atoms with Crippen LogP contribution in [0, 0.1) is 5.92 Å². The Balaban J connectivity index is 2.46. The van der Waals surface area contributed by atoms with Crippen molar-refractivity contribution in [3.63, 3.8) is 0 Å². The van der Waals surface area contributed by atoms with Gasteiger partial charge in [-0.3, -0.25) is 0 Å². The van der Waals surface area contributed by atoms with Crippen LogP contribution in [0.2, 0.25) is 0 Å². The van der Waals surface area contributed by atoms with Gasteiger partial charge in [0.05, 0.1) is 10.0 Å². The predicted molar refractivity (Wildman–Crippen MR) is 71.7 cm³/mol. The molecule has 4 N–H and O–H groups in total. The van der Waals surface area contributed by atoms with E-state index in [-0.39, 0.29) is 17.2 Å². The smallest absolute Gasteiger partial charge is 0.336 e. The SMILES string of the molecule is N[C@@H](c1c(C(=O)O)ccc(Br)c1O)C1CCCC1. The topological polar surface area (TPSA) is 83.6 Å². The molecule has 1 fully saturated rings. The average molecular weight is 314 g/mol. The Morgan fingerprint density at radius 3 is 2.56 bits per heavy atom. The molecule has 1 aliphatic rings. The summed E-state index contributed by atoms with van der Waals surface area (Å²) in [7, 11) is 0. The lowest BCUT2D eigenvalue weighted by Crippen LogP contribution is -2.22. The minimum atomic E-state index is -1.05. The fraction of sp³-hybridized carbons (Fsp3) is 0.462. The third kappa shape index (κ3) is 2.37. The van der Waals surface area contributed by atoms with E-state index in [2.05, 4.69) is 15.9 Å². The van der Waals surface area contributed by atoms with Crippen molar-refractivity contribution < 1.29 is 15.0 Å². The molecule has 0 saturated heterocycles. The van der Waals surface area contributed by atoms with Crippen LogP contribution in [0.1, 0.15) is 47.6 Å². The molecule has 0 radical (unpaired) electrons. The van der Waals surface area contributed by atoms with E-state index in [1.807, 2.05) is 0 Å². The number of phenols is 1. The summed E-state index contributed by atoms with van der Waals surface area (Å²) >= 11 is 3.21. The van der Waals surface area contributed by atoms with E-state index in [1.54, 1.807) is 0 Å². The highest BCUT2D eigenvalue weighted by atomic mass is 79.9. The van der Waals surface area contributed by atoms with Crippen molar-refractivity contribution >= 4 is 21.9 Å². The number of aromatic hydroxyl groups is 1. The molecule has 1 aromatic rings. The number of carboxylic acid groups (broad SMARTS) is 1. The summed E-state index contributed by atoms with van der Waals surface area (Å²) < 4.78 is 0.482. The molecule has 0 amide bonds. The van der Waals surface area contributed by atoms with Gasteiger partial charge in [-0.25, -0.2) is 4.79 Å². The maximum Gasteiger partial charge on any atom is 0.336 e. The largest absolute Gasteiger partial charge is 0.506 e. The van der Waals surface area contributed by atoms with Gasteiger partial charge < -0.3 is 15.9 Å². The van der Waals surface area contributed by atoms with Crippen LogP contribution in [0.3, 0.4) is 0 Å². The number of benzene rings is 1.